The number of benzene rings is 1. The molecule has 0 aliphatic rings. The minimum atomic E-state index is -0.266. The van der Waals surface area contributed by atoms with Gasteiger partial charge in [0.25, 0.3) is 5.89 Å². The highest BCUT2D eigenvalue weighted by Gasteiger charge is 2.12. The molecule has 6 nitrogen and oxygen atoms in total. The molecular weight excluding hydrogens is 273 g/mol. The van der Waals surface area contributed by atoms with Crippen LogP contribution in [-0.4, -0.2) is 26.2 Å². The Labute approximate surface area is 120 Å². The second kappa shape index (κ2) is 5.84. The van der Waals surface area contributed by atoms with Crippen LogP contribution in [0.15, 0.2) is 41.3 Å². The zero-order valence-electron chi connectivity index (χ0n) is 11.2. The summed E-state index contributed by atoms with van der Waals surface area (Å²) in [6.45, 7) is 1.22. The van der Waals surface area contributed by atoms with Crippen molar-refractivity contribution in [2.75, 3.05) is 6.54 Å². The van der Waals surface area contributed by atoms with E-state index in [4.69, 9.17) is 10.3 Å². The highest BCUT2D eigenvalue weighted by atomic mass is 19.1. The normalized spacial score (nSPS) is 11.0. The third-order valence-corrected chi connectivity index (χ3v) is 2.98. The van der Waals surface area contributed by atoms with E-state index in [1.807, 2.05) is 10.8 Å². The summed E-state index contributed by atoms with van der Waals surface area (Å²) in [5, 5.41) is 3.91. The number of hydrogen-bond acceptors (Lipinski definition) is 5. The van der Waals surface area contributed by atoms with E-state index in [0.29, 0.717) is 36.9 Å². The van der Waals surface area contributed by atoms with Crippen LogP contribution in [0.2, 0.25) is 0 Å². The fourth-order valence-corrected chi connectivity index (χ4v) is 1.96. The van der Waals surface area contributed by atoms with Crippen LogP contribution in [0.25, 0.3) is 11.6 Å². The van der Waals surface area contributed by atoms with Crippen LogP contribution in [0.1, 0.15) is 11.4 Å². The van der Waals surface area contributed by atoms with Crippen molar-refractivity contribution in [1.82, 2.24) is 19.7 Å². The smallest absolute Gasteiger partial charge is 0.278 e. The summed E-state index contributed by atoms with van der Waals surface area (Å²) in [5.41, 5.74) is 7.01. The van der Waals surface area contributed by atoms with E-state index in [0.717, 1.165) is 5.56 Å². The number of hydrogen-bond donors (Lipinski definition) is 1. The molecule has 3 rings (SSSR count). The van der Waals surface area contributed by atoms with E-state index in [1.54, 1.807) is 18.5 Å². The molecule has 2 N–H and O–H groups in total. The fourth-order valence-electron chi connectivity index (χ4n) is 1.96. The van der Waals surface area contributed by atoms with Crippen LogP contribution in [0.5, 0.6) is 0 Å². The Morgan fingerprint density at radius 1 is 1.24 bits per heavy atom. The van der Waals surface area contributed by atoms with Crippen LogP contribution in [0.4, 0.5) is 4.39 Å². The average molecular weight is 287 g/mol. The molecular formula is C14H14FN5O. The summed E-state index contributed by atoms with van der Waals surface area (Å²) in [6, 6.07) is 6.21. The molecule has 0 aliphatic carbocycles. The number of rotatable bonds is 5. The van der Waals surface area contributed by atoms with Crippen LogP contribution in [0.3, 0.4) is 0 Å². The maximum absolute atomic E-state index is 12.8. The van der Waals surface area contributed by atoms with Gasteiger partial charge in [0.15, 0.2) is 5.82 Å². The summed E-state index contributed by atoms with van der Waals surface area (Å²) in [5.74, 6) is 0.630. The van der Waals surface area contributed by atoms with Gasteiger partial charge in [0, 0.05) is 25.7 Å². The number of nitrogens with zero attached hydrogens (tertiary/aromatic N) is 4. The Bertz CT molecular complexity index is 719. The fraction of sp³-hybridized carbons (Fsp3) is 0.214. The number of halogens is 1. The molecule has 0 fully saturated rings. The van der Waals surface area contributed by atoms with Gasteiger partial charge >= 0.3 is 0 Å². The van der Waals surface area contributed by atoms with E-state index in [2.05, 4.69) is 15.1 Å². The average Bonchev–Trinajstić information content (AvgIpc) is 3.11. The lowest BCUT2D eigenvalue weighted by molar-refractivity contribution is 0.423. The highest BCUT2D eigenvalue weighted by molar-refractivity contribution is 5.44. The Morgan fingerprint density at radius 3 is 2.81 bits per heavy atom. The molecule has 0 unspecified atom stereocenters. The van der Waals surface area contributed by atoms with Crippen molar-refractivity contribution < 1.29 is 8.91 Å². The maximum Gasteiger partial charge on any atom is 0.278 e. The standard InChI is InChI=1S/C14H14FN5O/c15-11-3-1-10(2-4-11)7-13-18-14(21-19-13)12-8-20(6-5-16)9-17-12/h1-4,8-9H,5-7,16H2. The van der Waals surface area contributed by atoms with E-state index in [1.165, 1.54) is 12.1 Å². The van der Waals surface area contributed by atoms with Crippen molar-refractivity contribution in [1.29, 1.82) is 0 Å². The van der Waals surface area contributed by atoms with Gasteiger partial charge in [0.1, 0.15) is 11.5 Å². The number of imidazole rings is 1. The van der Waals surface area contributed by atoms with Gasteiger partial charge in [-0.15, -0.1) is 0 Å². The van der Waals surface area contributed by atoms with Gasteiger partial charge in [0.2, 0.25) is 0 Å². The molecule has 0 bridgehead atoms. The van der Waals surface area contributed by atoms with E-state index < -0.39 is 0 Å². The lowest BCUT2D eigenvalue weighted by Gasteiger charge is -1.95. The van der Waals surface area contributed by atoms with Gasteiger partial charge in [-0.25, -0.2) is 9.37 Å². The third-order valence-electron chi connectivity index (χ3n) is 2.98. The molecule has 0 saturated carbocycles. The van der Waals surface area contributed by atoms with Crippen molar-refractivity contribution in [3.63, 3.8) is 0 Å². The Morgan fingerprint density at radius 2 is 2.05 bits per heavy atom. The first kappa shape index (κ1) is 13.4. The maximum atomic E-state index is 12.8. The summed E-state index contributed by atoms with van der Waals surface area (Å²) in [4.78, 5) is 8.49. The predicted molar refractivity (Wildman–Crippen MR) is 73.8 cm³/mol. The number of aromatic nitrogens is 4. The van der Waals surface area contributed by atoms with E-state index >= 15 is 0 Å². The van der Waals surface area contributed by atoms with Crippen molar-refractivity contribution in [2.45, 2.75) is 13.0 Å². The van der Waals surface area contributed by atoms with Crippen LogP contribution >= 0.6 is 0 Å². The third kappa shape index (κ3) is 3.14. The largest absolute Gasteiger partial charge is 0.335 e. The molecule has 0 saturated heterocycles. The Kier molecular flexibility index (Phi) is 3.74. The molecule has 108 valence electrons. The quantitative estimate of drug-likeness (QED) is 0.771. The zero-order chi connectivity index (χ0) is 14.7. The van der Waals surface area contributed by atoms with Crippen LogP contribution in [-0.2, 0) is 13.0 Å². The van der Waals surface area contributed by atoms with Crippen molar-refractivity contribution in [3.05, 3.63) is 54.0 Å². The van der Waals surface area contributed by atoms with Gasteiger partial charge in [-0.1, -0.05) is 17.3 Å². The minimum Gasteiger partial charge on any atom is -0.335 e. The summed E-state index contributed by atoms with van der Waals surface area (Å²) < 4.78 is 19.9. The lowest BCUT2D eigenvalue weighted by atomic mass is 10.1. The monoisotopic (exact) mass is 287 g/mol. The Hall–Kier alpha value is -2.54. The highest BCUT2D eigenvalue weighted by Crippen LogP contribution is 2.16. The van der Waals surface area contributed by atoms with Gasteiger partial charge in [0.05, 0.1) is 6.33 Å². The Balaban J connectivity index is 1.74. The van der Waals surface area contributed by atoms with Crippen molar-refractivity contribution in [3.8, 4) is 11.6 Å². The van der Waals surface area contributed by atoms with Gasteiger partial charge in [-0.05, 0) is 17.7 Å². The summed E-state index contributed by atoms with van der Waals surface area (Å²) in [6.07, 6.45) is 3.96. The topological polar surface area (TPSA) is 82.8 Å². The summed E-state index contributed by atoms with van der Waals surface area (Å²) >= 11 is 0. The first-order chi connectivity index (χ1) is 10.2. The van der Waals surface area contributed by atoms with Crippen LogP contribution < -0.4 is 5.73 Å². The van der Waals surface area contributed by atoms with Gasteiger partial charge < -0.3 is 14.8 Å². The number of nitrogens with two attached hydrogens (primary N) is 1. The van der Waals surface area contributed by atoms with Crippen LogP contribution in [0, 0.1) is 5.82 Å². The first-order valence-electron chi connectivity index (χ1n) is 6.54. The van der Waals surface area contributed by atoms with E-state index in [-0.39, 0.29) is 5.82 Å². The summed E-state index contributed by atoms with van der Waals surface area (Å²) in [7, 11) is 0. The second-order valence-electron chi connectivity index (χ2n) is 4.60. The van der Waals surface area contributed by atoms with Crippen molar-refractivity contribution >= 4 is 0 Å². The molecule has 21 heavy (non-hydrogen) atoms. The zero-order valence-corrected chi connectivity index (χ0v) is 11.2. The molecule has 3 aromatic rings. The molecule has 0 radical (unpaired) electrons. The molecule has 0 spiro atoms. The molecule has 0 atom stereocenters. The molecule has 2 aromatic heterocycles. The van der Waals surface area contributed by atoms with Crippen molar-refractivity contribution in [2.24, 2.45) is 5.73 Å². The van der Waals surface area contributed by atoms with E-state index in [9.17, 15) is 4.39 Å². The molecule has 2 heterocycles. The minimum absolute atomic E-state index is 0.266. The van der Waals surface area contributed by atoms with Gasteiger partial charge in [-0.2, -0.15) is 4.98 Å². The molecule has 1 aromatic carbocycles. The SMILES string of the molecule is NCCn1cnc(-c2nc(Cc3ccc(F)cc3)no2)c1. The lowest BCUT2D eigenvalue weighted by Crippen LogP contribution is -2.07. The van der Waals surface area contributed by atoms with Gasteiger partial charge in [-0.3, -0.25) is 0 Å². The predicted octanol–water partition coefficient (Wildman–Crippen LogP) is 1.62. The second-order valence-corrected chi connectivity index (χ2v) is 4.60. The molecule has 7 heteroatoms. The molecule has 0 aliphatic heterocycles. The molecule has 0 amide bonds. The first-order valence-corrected chi connectivity index (χ1v) is 6.54.